The first kappa shape index (κ1) is 14.9. The third kappa shape index (κ3) is 2.89. The molecule has 2 heterocycles. The van der Waals surface area contributed by atoms with Crippen LogP contribution in [0, 0.1) is 0 Å². The maximum Gasteiger partial charge on any atom is 0.213 e. The Labute approximate surface area is 140 Å². The van der Waals surface area contributed by atoms with E-state index in [1.807, 2.05) is 62.4 Å². The molecule has 0 aromatic heterocycles. The molecule has 120 valence electrons. The van der Waals surface area contributed by atoms with Gasteiger partial charge in [0.1, 0.15) is 5.78 Å². The average molecular weight is 318 g/mol. The molecule has 2 aliphatic heterocycles. The van der Waals surface area contributed by atoms with Gasteiger partial charge in [-0.3, -0.25) is 4.79 Å². The Hall–Kier alpha value is -2.69. The van der Waals surface area contributed by atoms with Crippen molar-refractivity contribution in [3.63, 3.8) is 0 Å². The van der Waals surface area contributed by atoms with E-state index >= 15 is 0 Å². The third-order valence-corrected chi connectivity index (χ3v) is 4.60. The van der Waals surface area contributed by atoms with E-state index in [-0.39, 0.29) is 17.1 Å². The molecule has 2 aromatic carbocycles. The van der Waals surface area contributed by atoms with Crippen molar-refractivity contribution in [2.45, 2.75) is 38.0 Å². The fraction of sp³-hybridized carbons (Fsp3) is 0.316. The van der Waals surface area contributed by atoms with Crippen LogP contribution in [0.1, 0.15) is 36.1 Å². The number of nitrogens with zero attached hydrogens (tertiary/aromatic N) is 4. The van der Waals surface area contributed by atoms with Crippen molar-refractivity contribution in [2.75, 3.05) is 0 Å². The molecule has 5 nitrogen and oxygen atoms in total. The van der Waals surface area contributed by atoms with Crippen molar-refractivity contribution in [1.29, 1.82) is 0 Å². The summed E-state index contributed by atoms with van der Waals surface area (Å²) in [6.07, 6.45) is 0.880. The molecule has 2 aromatic rings. The molecule has 0 spiro atoms. The first-order chi connectivity index (χ1) is 11.5. The molecule has 0 atom stereocenters. The van der Waals surface area contributed by atoms with E-state index in [1.165, 1.54) is 0 Å². The molecule has 0 amide bonds. The van der Waals surface area contributed by atoms with Crippen molar-refractivity contribution < 1.29 is 4.79 Å². The van der Waals surface area contributed by atoms with Crippen molar-refractivity contribution >= 4 is 5.78 Å². The highest BCUT2D eigenvalue weighted by atomic mass is 16.1. The molecule has 2 aliphatic rings. The number of ketones is 1. The normalized spacial score (nSPS) is 18.4. The van der Waals surface area contributed by atoms with E-state index in [0.29, 0.717) is 12.8 Å². The molecular weight excluding hydrogens is 300 g/mol. The highest BCUT2D eigenvalue weighted by Gasteiger charge is 2.36. The van der Waals surface area contributed by atoms with E-state index in [9.17, 15) is 4.79 Å². The summed E-state index contributed by atoms with van der Waals surface area (Å²) in [5.74, 6) is 0.203. The minimum absolute atomic E-state index is 0.203. The summed E-state index contributed by atoms with van der Waals surface area (Å²) < 4.78 is 0. The zero-order chi connectivity index (χ0) is 16.8. The lowest BCUT2D eigenvalue weighted by Gasteiger charge is -2.07. The maximum atomic E-state index is 12.3. The van der Waals surface area contributed by atoms with Crippen molar-refractivity contribution in [1.82, 2.24) is 0 Å². The number of hydrogen-bond donors (Lipinski definition) is 0. The summed E-state index contributed by atoms with van der Waals surface area (Å²) in [4.78, 5) is 12.3. The lowest BCUT2D eigenvalue weighted by atomic mass is 9.98. The van der Waals surface area contributed by atoms with Crippen LogP contribution in [0.2, 0.25) is 0 Å². The van der Waals surface area contributed by atoms with Gasteiger partial charge in [0.05, 0.1) is 0 Å². The number of carbonyl (C=O) groups excluding carboxylic acids is 1. The monoisotopic (exact) mass is 318 g/mol. The van der Waals surface area contributed by atoms with Crippen LogP contribution in [0.25, 0.3) is 0 Å². The highest BCUT2D eigenvalue weighted by Crippen LogP contribution is 2.39. The van der Waals surface area contributed by atoms with E-state index in [1.54, 1.807) is 0 Å². The summed E-state index contributed by atoms with van der Waals surface area (Å²) in [5, 5.41) is 16.1. The molecule has 5 heteroatoms. The van der Waals surface area contributed by atoms with Crippen LogP contribution in [0.5, 0.6) is 0 Å². The fourth-order valence-corrected chi connectivity index (χ4v) is 2.78. The van der Waals surface area contributed by atoms with Crippen molar-refractivity contribution in [3.05, 3.63) is 70.8 Å². The Morgan fingerprint density at radius 3 is 1.33 bits per heavy atom. The molecule has 24 heavy (non-hydrogen) atoms. The van der Waals surface area contributed by atoms with Gasteiger partial charge in [-0.2, -0.15) is 20.5 Å². The molecule has 0 N–H and O–H groups in total. The maximum absolute atomic E-state index is 12.3. The summed E-state index contributed by atoms with van der Waals surface area (Å²) in [6.45, 7) is 3.94. The number of benzene rings is 2. The summed E-state index contributed by atoms with van der Waals surface area (Å²) in [7, 11) is 0. The van der Waals surface area contributed by atoms with E-state index in [2.05, 4.69) is 20.5 Å². The molecule has 0 unspecified atom stereocenters. The summed E-state index contributed by atoms with van der Waals surface area (Å²) in [5.41, 5.74) is 3.46. The van der Waals surface area contributed by atoms with Crippen molar-refractivity contribution in [3.8, 4) is 0 Å². The molecule has 0 aliphatic carbocycles. The Balaban J connectivity index is 1.36. The predicted molar refractivity (Wildman–Crippen MR) is 89.7 cm³/mol. The number of hydrogen-bond acceptors (Lipinski definition) is 5. The second kappa shape index (κ2) is 5.16. The van der Waals surface area contributed by atoms with Gasteiger partial charge < -0.3 is 0 Å². The van der Waals surface area contributed by atoms with Crippen LogP contribution in [0.4, 0.5) is 0 Å². The lowest BCUT2D eigenvalue weighted by Crippen LogP contribution is -2.08. The zero-order valence-electron chi connectivity index (χ0n) is 13.7. The first-order valence-electron chi connectivity index (χ1n) is 8.06. The molecular formula is C19H18N4O. The molecule has 0 bridgehead atoms. The van der Waals surface area contributed by atoms with Crippen molar-refractivity contribution in [2.24, 2.45) is 20.5 Å². The van der Waals surface area contributed by atoms with E-state index in [0.717, 1.165) is 22.3 Å². The highest BCUT2D eigenvalue weighted by molar-refractivity contribution is 5.83. The third-order valence-electron chi connectivity index (χ3n) is 4.60. The van der Waals surface area contributed by atoms with Gasteiger partial charge in [0.2, 0.25) is 11.3 Å². The lowest BCUT2D eigenvalue weighted by molar-refractivity contribution is -0.117. The second-order valence-corrected chi connectivity index (χ2v) is 6.73. The SMILES string of the molecule is CC1(c2ccc(CC(=O)Cc3ccc(C4(C)N=N4)cc3)cc2)N=N1. The van der Waals surface area contributed by atoms with Crippen LogP contribution in [-0.4, -0.2) is 5.78 Å². The number of Topliss-reactive ketones (excluding diaryl/α,β-unsaturated/α-hetero) is 1. The van der Waals surface area contributed by atoms with Gasteiger partial charge in [0.15, 0.2) is 0 Å². The number of carbonyl (C=O) groups is 1. The van der Waals surface area contributed by atoms with Crippen LogP contribution in [0.3, 0.4) is 0 Å². The Bertz CT molecular complexity index is 766. The van der Waals surface area contributed by atoms with Gasteiger partial charge in [-0.05, 0) is 25.0 Å². The molecule has 0 fully saturated rings. The van der Waals surface area contributed by atoms with Crippen LogP contribution >= 0.6 is 0 Å². The quantitative estimate of drug-likeness (QED) is 0.782. The van der Waals surface area contributed by atoms with Gasteiger partial charge in [-0.15, -0.1) is 0 Å². The Morgan fingerprint density at radius 2 is 1.04 bits per heavy atom. The van der Waals surface area contributed by atoms with Crippen LogP contribution < -0.4 is 0 Å². The van der Waals surface area contributed by atoms with Gasteiger partial charge in [-0.1, -0.05) is 48.5 Å². The Kier molecular flexibility index (Phi) is 3.20. The van der Waals surface area contributed by atoms with E-state index < -0.39 is 0 Å². The van der Waals surface area contributed by atoms with Gasteiger partial charge >= 0.3 is 0 Å². The average Bonchev–Trinajstić information content (AvgIpc) is 3.49. The summed E-state index contributed by atoms with van der Waals surface area (Å²) in [6, 6.07) is 16.0. The van der Waals surface area contributed by atoms with Crippen LogP contribution in [0.15, 0.2) is 69.0 Å². The summed E-state index contributed by atoms with van der Waals surface area (Å²) >= 11 is 0. The minimum atomic E-state index is -0.360. The molecule has 0 saturated heterocycles. The van der Waals surface area contributed by atoms with Crippen LogP contribution in [-0.2, 0) is 29.0 Å². The van der Waals surface area contributed by atoms with Gasteiger partial charge in [0.25, 0.3) is 0 Å². The largest absolute Gasteiger partial charge is 0.299 e. The zero-order valence-corrected chi connectivity index (χ0v) is 13.7. The minimum Gasteiger partial charge on any atom is -0.299 e. The predicted octanol–water partition coefficient (Wildman–Crippen LogP) is 4.32. The molecule has 0 radical (unpaired) electrons. The molecule has 4 rings (SSSR count). The van der Waals surface area contributed by atoms with E-state index in [4.69, 9.17) is 0 Å². The standard InChI is InChI=1S/C19H18N4O/c1-18(20-21-18)15-7-3-13(4-8-15)11-17(24)12-14-5-9-16(10-6-14)19(2)22-23-19/h3-10H,11-12H2,1-2H3. The topological polar surface area (TPSA) is 66.5 Å². The van der Waals surface area contributed by atoms with Gasteiger partial charge in [0, 0.05) is 24.0 Å². The second-order valence-electron chi connectivity index (χ2n) is 6.73. The first-order valence-corrected chi connectivity index (χ1v) is 8.06. The fourth-order valence-electron chi connectivity index (χ4n) is 2.78. The smallest absolute Gasteiger partial charge is 0.213 e. The number of rotatable bonds is 6. The van der Waals surface area contributed by atoms with Gasteiger partial charge in [-0.25, -0.2) is 0 Å². The Morgan fingerprint density at radius 1 is 0.708 bits per heavy atom. The molecule has 0 saturated carbocycles.